The van der Waals surface area contributed by atoms with Crippen LogP contribution in [0.5, 0.6) is 0 Å². The molecule has 1 aromatic rings. The molecule has 0 spiro atoms. The summed E-state index contributed by atoms with van der Waals surface area (Å²) in [5.74, 6) is -3.26. The van der Waals surface area contributed by atoms with Crippen LogP contribution >= 0.6 is 0 Å². The van der Waals surface area contributed by atoms with E-state index < -0.39 is 121 Å². The second-order valence-electron chi connectivity index (χ2n) is 19.6. The monoisotopic (exact) mass is 1010 g/mol. The summed E-state index contributed by atoms with van der Waals surface area (Å²) in [7, 11) is 7.99. The number of nitrogens with zero attached hydrogens (tertiary/aromatic N) is 2. The molecular formula is C52H84N2O17. The van der Waals surface area contributed by atoms with Crippen molar-refractivity contribution in [2.75, 3.05) is 55.1 Å². The number of rotatable bonds is 18. The Morgan fingerprint density at radius 1 is 0.915 bits per heavy atom. The molecule has 0 saturated carbocycles. The van der Waals surface area contributed by atoms with Crippen molar-refractivity contribution >= 4 is 30.0 Å². The summed E-state index contributed by atoms with van der Waals surface area (Å²) in [5, 5.41) is 24.5. The molecule has 0 amide bonds. The van der Waals surface area contributed by atoms with E-state index in [1.165, 1.54) is 28.3 Å². The maximum absolute atomic E-state index is 13.9. The molecule has 19 heteroatoms. The van der Waals surface area contributed by atoms with Gasteiger partial charge in [0, 0.05) is 73.6 Å². The van der Waals surface area contributed by atoms with Crippen molar-refractivity contribution in [1.82, 2.24) is 9.80 Å². The smallest absolute Gasteiger partial charge is 0.309 e. The first-order valence-corrected chi connectivity index (χ1v) is 25.1. The number of ether oxygens (including phenoxy) is 11. The molecule has 71 heavy (non-hydrogen) atoms. The molecule has 3 fully saturated rings. The fourth-order valence-corrected chi connectivity index (χ4v) is 9.92. The molecular weight excluding hydrogens is 925 g/mol. The number of carbonyl (C=O) groups excluding carboxylic acids is 4. The second-order valence-corrected chi connectivity index (χ2v) is 19.6. The van der Waals surface area contributed by atoms with Crippen molar-refractivity contribution in [2.24, 2.45) is 11.8 Å². The summed E-state index contributed by atoms with van der Waals surface area (Å²) in [6.45, 7) is 14.8. The van der Waals surface area contributed by atoms with Gasteiger partial charge >= 0.3 is 23.9 Å². The highest BCUT2D eigenvalue weighted by atomic mass is 16.7. The van der Waals surface area contributed by atoms with Crippen LogP contribution in [0.2, 0.25) is 0 Å². The third kappa shape index (κ3) is 17.5. The van der Waals surface area contributed by atoms with Gasteiger partial charge in [-0.1, -0.05) is 63.3 Å². The topological polar surface area (TPSA) is 217 Å². The minimum atomic E-state index is -1.41. The highest BCUT2D eigenvalue weighted by Crippen LogP contribution is 2.40. The molecule has 3 aliphatic heterocycles. The molecule has 3 aliphatic rings. The number of benzene rings is 1. The van der Waals surface area contributed by atoms with Gasteiger partial charge in [0.25, 0.3) is 0 Å². The quantitative estimate of drug-likeness (QED) is 0.116. The SMILES string of the molecule is CCC(=O)O[C@@H]1CC(=O)O[C@H](C)CCN(C/C=C/c2ccccc2)C[C@H](O)[C@H](C)C[C@H](CC(OC)OC)[C@H](O[C@@H]2O[C@H](C)[C@@H](O[C@H]3C[C@@](C)(OC(C)=O)[C@@H](OC(=O)CC)[C@H](C)O3)[C@H](N(C)C)[C@H]2O)[C@H]1OC. The Morgan fingerprint density at radius 2 is 1.58 bits per heavy atom. The molecule has 3 saturated heterocycles. The molecule has 0 aromatic heterocycles. The van der Waals surface area contributed by atoms with E-state index in [0.29, 0.717) is 32.5 Å². The van der Waals surface area contributed by atoms with Crippen molar-refractivity contribution in [3.63, 3.8) is 0 Å². The van der Waals surface area contributed by atoms with E-state index in [0.717, 1.165) is 5.56 Å². The van der Waals surface area contributed by atoms with Crippen LogP contribution < -0.4 is 0 Å². The Bertz CT molecular complexity index is 1820. The summed E-state index contributed by atoms with van der Waals surface area (Å²) >= 11 is 0. The van der Waals surface area contributed by atoms with Gasteiger partial charge < -0.3 is 67.2 Å². The molecule has 0 radical (unpaired) electrons. The van der Waals surface area contributed by atoms with E-state index in [1.807, 2.05) is 49.4 Å². The van der Waals surface area contributed by atoms with Gasteiger partial charge in [-0.2, -0.15) is 0 Å². The minimum absolute atomic E-state index is 0.00245. The Labute approximate surface area is 421 Å². The summed E-state index contributed by atoms with van der Waals surface area (Å²) in [5.41, 5.74) is -0.283. The Balaban J connectivity index is 1.75. The molecule has 3 heterocycles. The van der Waals surface area contributed by atoms with Gasteiger partial charge in [0.1, 0.15) is 30.5 Å². The van der Waals surface area contributed by atoms with E-state index in [1.54, 1.807) is 60.5 Å². The third-order valence-corrected chi connectivity index (χ3v) is 13.7. The summed E-state index contributed by atoms with van der Waals surface area (Å²) in [6.07, 6.45) is -8.04. The number of hydrogen-bond acceptors (Lipinski definition) is 19. The lowest BCUT2D eigenvalue weighted by Crippen LogP contribution is -2.66. The van der Waals surface area contributed by atoms with Gasteiger partial charge in [0.15, 0.2) is 30.6 Å². The largest absolute Gasteiger partial charge is 0.463 e. The summed E-state index contributed by atoms with van der Waals surface area (Å²) in [6, 6.07) is 9.11. The average molecular weight is 1010 g/mol. The fraction of sp³-hybridized carbons (Fsp3) is 0.769. The first kappa shape index (κ1) is 60.0. The molecule has 2 N–H and O–H groups in total. The lowest BCUT2D eigenvalue weighted by Gasteiger charge is -2.51. The van der Waals surface area contributed by atoms with Crippen molar-refractivity contribution in [3.05, 3.63) is 42.0 Å². The van der Waals surface area contributed by atoms with Gasteiger partial charge in [-0.15, -0.1) is 0 Å². The van der Waals surface area contributed by atoms with Gasteiger partial charge in [0.2, 0.25) is 0 Å². The molecule has 404 valence electrons. The lowest BCUT2D eigenvalue weighted by atomic mass is 9.82. The van der Waals surface area contributed by atoms with Crippen LogP contribution in [0.25, 0.3) is 6.08 Å². The molecule has 0 aliphatic carbocycles. The van der Waals surface area contributed by atoms with Crippen molar-refractivity contribution < 1.29 is 81.5 Å². The van der Waals surface area contributed by atoms with E-state index in [4.69, 9.17) is 52.1 Å². The van der Waals surface area contributed by atoms with Crippen LogP contribution in [0.3, 0.4) is 0 Å². The number of hydrogen-bond donors (Lipinski definition) is 2. The third-order valence-electron chi connectivity index (χ3n) is 13.7. The van der Waals surface area contributed by atoms with E-state index in [2.05, 4.69) is 4.90 Å². The van der Waals surface area contributed by atoms with Crippen LogP contribution in [-0.2, 0) is 71.3 Å². The molecule has 0 bridgehead atoms. The number of methoxy groups -OCH3 is 3. The highest BCUT2D eigenvalue weighted by molar-refractivity contribution is 5.73. The van der Waals surface area contributed by atoms with Crippen molar-refractivity contribution in [3.8, 4) is 0 Å². The van der Waals surface area contributed by atoms with Gasteiger partial charge in [-0.3, -0.25) is 24.1 Å². The molecule has 1 aromatic carbocycles. The first-order valence-electron chi connectivity index (χ1n) is 25.1. The van der Waals surface area contributed by atoms with E-state index in [9.17, 15) is 29.4 Å². The normalized spacial score (nSPS) is 35.1. The predicted octanol–water partition coefficient (Wildman–Crippen LogP) is 4.66. The molecule has 19 nitrogen and oxygen atoms in total. The molecule has 16 atom stereocenters. The Morgan fingerprint density at radius 3 is 2.18 bits per heavy atom. The van der Waals surface area contributed by atoms with E-state index >= 15 is 0 Å². The highest BCUT2D eigenvalue weighted by Gasteiger charge is 2.54. The first-order chi connectivity index (χ1) is 33.7. The number of likely N-dealkylation sites (N-methyl/N-ethyl adjacent to an activating group) is 1. The van der Waals surface area contributed by atoms with Crippen LogP contribution in [-0.4, -0.2) is 191 Å². The number of carbonyl (C=O) groups is 4. The summed E-state index contributed by atoms with van der Waals surface area (Å²) in [4.78, 5) is 55.9. The standard InChI is InChI=1S/C52H84N2O17/c1-14-40(57)67-39-28-42(59)64-32(4)23-25-54(24-19-22-36-20-17-16-18-21-36)30-38(56)31(3)26-37(27-43(61-11)62-12)48(49(39)63-13)70-51-46(60)45(53(9)10)47(33(5)66-51)69-44-29-52(8,71-35(7)55)50(34(6)65-44)68-41(58)15-2/h16-22,31-34,37-39,43-51,56,60H,14-15,23-30H2,1-13H3/b22-19+/t31-,32-,33-,34+,37-,38+,39-,44+,45-,46-,47-,48+,49+,50+,51+,52-/m1/s1. The van der Waals surface area contributed by atoms with Crippen LogP contribution in [0.4, 0.5) is 0 Å². The Hall–Kier alpha value is -3.60. The Kier molecular flexibility index (Phi) is 24.3. The minimum Gasteiger partial charge on any atom is -0.463 e. The van der Waals surface area contributed by atoms with Crippen LogP contribution in [0.1, 0.15) is 106 Å². The number of β-amino-alcohol motifs (C(OH)–C–C–N with tert-alkyl or cyclic N) is 1. The second kappa shape index (κ2) is 28.7. The van der Waals surface area contributed by atoms with Gasteiger partial charge in [-0.05, 0) is 72.0 Å². The van der Waals surface area contributed by atoms with E-state index in [-0.39, 0.29) is 38.0 Å². The zero-order valence-corrected chi connectivity index (χ0v) is 44.3. The number of aliphatic hydroxyl groups excluding tert-OH is 2. The number of aliphatic hydroxyl groups is 2. The molecule has 0 unspecified atom stereocenters. The average Bonchev–Trinajstić information content (AvgIpc) is 3.31. The summed E-state index contributed by atoms with van der Waals surface area (Å²) < 4.78 is 67.8. The molecule has 4 rings (SSSR count). The fourth-order valence-electron chi connectivity index (χ4n) is 9.92. The lowest BCUT2D eigenvalue weighted by molar-refractivity contribution is -0.345. The van der Waals surface area contributed by atoms with Crippen LogP contribution in [0.15, 0.2) is 36.4 Å². The number of esters is 4. The van der Waals surface area contributed by atoms with Crippen molar-refractivity contribution in [2.45, 2.75) is 192 Å². The van der Waals surface area contributed by atoms with Gasteiger partial charge in [-0.25, -0.2) is 0 Å². The maximum Gasteiger partial charge on any atom is 0.309 e. The zero-order chi connectivity index (χ0) is 52.6. The van der Waals surface area contributed by atoms with Crippen molar-refractivity contribution in [1.29, 1.82) is 0 Å². The van der Waals surface area contributed by atoms with Gasteiger partial charge in [0.05, 0.1) is 36.9 Å². The zero-order valence-electron chi connectivity index (χ0n) is 44.3. The predicted molar refractivity (Wildman–Crippen MR) is 260 cm³/mol. The van der Waals surface area contributed by atoms with Crippen LogP contribution in [0, 0.1) is 11.8 Å². The number of cyclic esters (lactones) is 1. The maximum atomic E-state index is 13.9.